The Kier molecular flexibility index (Phi) is 9.93. The van der Waals surface area contributed by atoms with Crippen molar-refractivity contribution in [2.45, 2.75) is 38.3 Å². The highest BCUT2D eigenvalue weighted by molar-refractivity contribution is 9.10. The summed E-state index contributed by atoms with van der Waals surface area (Å²) < 4.78 is 34.7. The molecule has 202 valence electrons. The van der Waals surface area contributed by atoms with Crippen LogP contribution in [-0.4, -0.2) is 51.4 Å². The fourth-order valence-corrected chi connectivity index (χ4v) is 5.48. The van der Waals surface area contributed by atoms with Crippen molar-refractivity contribution in [3.8, 4) is 5.75 Å². The van der Waals surface area contributed by atoms with Crippen LogP contribution in [-0.2, 0) is 26.2 Å². The van der Waals surface area contributed by atoms with Gasteiger partial charge in [0.25, 0.3) is 10.0 Å². The molecule has 8 nitrogen and oxygen atoms in total. The Balaban J connectivity index is 2.01. The lowest BCUT2D eigenvalue weighted by molar-refractivity contribution is -0.139. The van der Waals surface area contributed by atoms with Gasteiger partial charge in [-0.3, -0.25) is 13.9 Å². The molecule has 0 aliphatic rings. The summed E-state index contributed by atoms with van der Waals surface area (Å²) in [6.45, 7) is 5.38. The van der Waals surface area contributed by atoms with Gasteiger partial charge in [0.2, 0.25) is 11.8 Å². The largest absolute Gasteiger partial charge is 0.497 e. The number of rotatable bonds is 11. The van der Waals surface area contributed by atoms with Gasteiger partial charge in [-0.25, -0.2) is 8.42 Å². The summed E-state index contributed by atoms with van der Waals surface area (Å²) in [5.41, 5.74) is 2.09. The normalized spacial score (nSPS) is 11.9. The van der Waals surface area contributed by atoms with E-state index in [9.17, 15) is 18.0 Å². The van der Waals surface area contributed by atoms with Gasteiger partial charge < -0.3 is 15.0 Å². The molecule has 0 aliphatic carbocycles. The number of sulfonamides is 1. The molecule has 3 aromatic rings. The number of nitrogens with one attached hydrogen (secondary N) is 1. The first kappa shape index (κ1) is 29.2. The van der Waals surface area contributed by atoms with Crippen molar-refractivity contribution in [1.29, 1.82) is 0 Å². The molecule has 1 atom stereocenters. The summed E-state index contributed by atoms with van der Waals surface area (Å²) in [6.07, 6.45) is 0. The molecule has 0 radical (unpaired) electrons. The number of ether oxygens (including phenoxy) is 1. The molecule has 0 aliphatic heterocycles. The molecule has 0 saturated carbocycles. The summed E-state index contributed by atoms with van der Waals surface area (Å²) in [5, 5.41) is 2.75. The Labute approximate surface area is 232 Å². The van der Waals surface area contributed by atoms with Crippen LogP contribution in [0.25, 0.3) is 0 Å². The van der Waals surface area contributed by atoms with Crippen molar-refractivity contribution in [3.63, 3.8) is 0 Å². The van der Waals surface area contributed by atoms with E-state index in [4.69, 9.17) is 4.74 Å². The number of hydrogen-bond donors (Lipinski definition) is 1. The number of hydrogen-bond acceptors (Lipinski definition) is 5. The van der Waals surface area contributed by atoms with Gasteiger partial charge in [0.05, 0.1) is 17.7 Å². The predicted molar refractivity (Wildman–Crippen MR) is 152 cm³/mol. The average Bonchev–Trinajstić information content (AvgIpc) is 2.91. The number of carbonyl (C=O) groups is 2. The summed E-state index contributed by atoms with van der Waals surface area (Å²) in [6, 6.07) is 19.5. The van der Waals surface area contributed by atoms with Crippen LogP contribution >= 0.6 is 15.9 Å². The van der Waals surface area contributed by atoms with Gasteiger partial charge in [-0.05, 0) is 74.9 Å². The number of likely N-dealkylation sites (N-methyl/N-ethyl adjacent to an activating group) is 1. The molecule has 1 N–H and O–H groups in total. The number of carbonyl (C=O) groups excluding carboxylic acids is 2. The zero-order valence-corrected chi connectivity index (χ0v) is 24.3. The highest BCUT2D eigenvalue weighted by Gasteiger charge is 2.32. The minimum atomic E-state index is -4.13. The van der Waals surface area contributed by atoms with E-state index < -0.39 is 28.5 Å². The number of benzene rings is 3. The van der Waals surface area contributed by atoms with Crippen molar-refractivity contribution in [1.82, 2.24) is 10.2 Å². The third kappa shape index (κ3) is 7.14. The van der Waals surface area contributed by atoms with Crippen molar-refractivity contribution in [3.05, 3.63) is 88.4 Å². The van der Waals surface area contributed by atoms with Crippen molar-refractivity contribution in [2.75, 3.05) is 24.5 Å². The van der Waals surface area contributed by atoms with E-state index >= 15 is 0 Å². The molecule has 0 fully saturated rings. The van der Waals surface area contributed by atoms with E-state index in [1.807, 2.05) is 31.2 Å². The number of nitrogens with zero attached hydrogens (tertiary/aromatic N) is 2. The number of methoxy groups -OCH3 is 1. The fourth-order valence-electron chi connectivity index (χ4n) is 3.81. The highest BCUT2D eigenvalue weighted by Crippen LogP contribution is 2.26. The van der Waals surface area contributed by atoms with Crippen LogP contribution in [0.3, 0.4) is 0 Å². The van der Waals surface area contributed by atoms with E-state index in [1.54, 1.807) is 50.2 Å². The van der Waals surface area contributed by atoms with Gasteiger partial charge in [0, 0.05) is 17.6 Å². The van der Waals surface area contributed by atoms with Crippen LogP contribution in [0.15, 0.2) is 82.2 Å². The summed E-state index contributed by atoms with van der Waals surface area (Å²) in [7, 11) is -2.63. The number of halogens is 1. The Morgan fingerprint density at radius 1 is 0.974 bits per heavy atom. The number of anilines is 1. The van der Waals surface area contributed by atoms with E-state index in [-0.39, 0.29) is 17.3 Å². The predicted octanol–water partition coefficient (Wildman–Crippen LogP) is 4.51. The minimum absolute atomic E-state index is 0.0166. The van der Waals surface area contributed by atoms with Crippen LogP contribution in [0.5, 0.6) is 5.75 Å². The molecule has 3 aromatic carbocycles. The summed E-state index contributed by atoms with van der Waals surface area (Å²) in [4.78, 5) is 28.0. The average molecular weight is 603 g/mol. The second kappa shape index (κ2) is 12.9. The SMILES string of the molecule is CCNC(=O)[C@H](C)N(Cc1ccc(Br)cc1)C(=O)CN(c1ccc(C)cc1)S(=O)(=O)c1ccc(OC)cc1. The second-order valence-electron chi connectivity index (χ2n) is 8.74. The highest BCUT2D eigenvalue weighted by atomic mass is 79.9. The zero-order chi connectivity index (χ0) is 27.9. The van der Waals surface area contributed by atoms with Crippen LogP contribution in [0.1, 0.15) is 25.0 Å². The first-order chi connectivity index (χ1) is 18.1. The fraction of sp³-hybridized carbons (Fsp3) is 0.286. The van der Waals surface area contributed by atoms with E-state index in [2.05, 4.69) is 21.2 Å². The lowest BCUT2D eigenvalue weighted by Gasteiger charge is -2.32. The second-order valence-corrected chi connectivity index (χ2v) is 11.5. The van der Waals surface area contributed by atoms with Gasteiger partial charge in [-0.15, -0.1) is 0 Å². The molecule has 10 heteroatoms. The molecule has 3 rings (SSSR count). The molecule has 0 bridgehead atoms. The third-order valence-corrected chi connectivity index (χ3v) is 8.35. The van der Waals surface area contributed by atoms with Gasteiger partial charge in [0.1, 0.15) is 18.3 Å². The van der Waals surface area contributed by atoms with Gasteiger partial charge in [-0.1, -0.05) is 45.8 Å². The summed E-state index contributed by atoms with van der Waals surface area (Å²) >= 11 is 3.40. The molecule has 38 heavy (non-hydrogen) atoms. The number of aryl methyl sites for hydroxylation is 1. The monoisotopic (exact) mass is 601 g/mol. The van der Waals surface area contributed by atoms with Crippen LogP contribution in [0.2, 0.25) is 0 Å². The topological polar surface area (TPSA) is 96.0 Å². The Bertz CT molecular complexity index is 1340. The molecule has 2 amide bonds. The van der Waals surface area contributed by atoms with E-state index in [0.29, 0.717) is 18.0 Å². The third-order valence-electron chi connectivity index (χ3n) is 6.03. The van der Waals surface area contributed by atoms with Crippen LogP contribution in [0, 0.1) is 6.92 Å². The summed E-state index contributed by atoms with van der Waals surface area (Å²) in [5.74, 6) is -0.319. The van der Waals surface area contributed by atoms with Gasteiger partial charge in [0.15, 0.2) is 0 Å². The lowest BCUT2D eigenvalue weighted by Crippen LogP contribution is -2.51. The lowest BCUT2D eigenvalue weighted by atomic mass is 10.1. The molecular formula is C28H32BrN3O5S. The molecule has 0 spiro atoms. The van der Waals surface area contributed by atoms with Gasteiger partial charge >= 0.3 is 0 Å². The maximum Gasteiger partial charge on any atom is 0.264 e. The van der Waals surface area contributed by atoms with Crippen molar-refractivity contribution in [2.24, 2.45) is 0 Å². The van der Waals surface area contributed by atoms with Crippen molar-refractivity contribution < 1.29 is 22.7 Å². The zero-order valence-electron chi connectivity index (χ0n) is 21.8. The van der Waals surface area contributed by atoms with Gasteiger partial charge in [-0.2, -0.15) is 0 Å². The maximum atomic E-state index is 13.8. The quantitative estimate of drug-likeness (QED) is 0.349. The number of amides is 2. The molecule has 0 heterocycles. The standard InChI is InChI=1S/C28H32BrN3O5S/c1-5-30-28(34)21(3)31(18-22-8-10-23(29)11-9-22)27(33)19-32(24-12-6-20(2)7-13-24)38(35,36)26-16-14-25(37-4)15-17-26/h6-17,21H,5,18-19H2,1-4H3,(H,30,34)/t21-/m0/s1. The van der Waals surface area contributed by atoms with E-state index in [0.717, 1.165) is 19.9 Å². The first-order valence-corrected chi connectivity index (χ1v) is 14.3. The first-order valence-electron chi connectivity index (χ1n) is 12.1. The Hall–Kier alpha value is -3.37. The minimum Gasteiger partial charge on any atom is -0.497 e. The van der Waals surface area contributed by atoms with Crippen molar-refractivity contribution >= 4 is 43.5 Å². The Morgan fingerprint density at radius 2 is 1.58 bits per heavy atom. The maximum absolute atomic E-state index is 13.8. The molecule has 0 saturated heterocycles. The molecule has 0 aromatic heterocycles. The van der Waals surface area contributed by atoms with E-state index in [1.165, 1.54) is 24.1 Å². The molecule has 0 unspecified atom stereocenters. The Morgan fingerprint density at radius 3 is 2.13 bits per heavy atom. The smallest absolute Gasteiger partial charge is 0.264 e. The molecular weight excluding hydrogens is 570 g/mol. The van der Waals surface area contributed by atoms with Crippen LogP contribution < -0.4 is 14.4 Å². The van der Waals surface area contributed by atoms with Crippen LogP contribution in [0.4, 0.5) is 5.69 Å².